The number of piperidine rings is 1. The number of hydrogen-bond acceptors (Lipinski definition) is 6. The SMILES string of the molecule is CCOC(C(=O)O)(c1nc2ccc(C)cc2s1)N1CCCCC1=C=O. The van der Waals surface area contributed by atoms with E-state index >= 15 is 0 Å². The van der Waals surface area contributed by atoms with Gasteiger partial charge in [0.2, 0.25) is 0 Å². The lowest BCUT2D eigenvalue weighted by Crippen LogP contribution is -2.55. The Balaban J connectivity index is 2.21. The molecule has 2 aromatic rings. The summed E-state index contributed by atoms with van der Waals surface area (Å²) in [4.78, 5) is 29.9. The number of aliphatic carboxylic acids is 1. The van der Waals surface area contributed by atoms with E-state index in [9.17, 15) is 14.7 Å². The van der Waals surface area contributed by atoms with Crippen molar-refractivity contribution in [2.75, 3.05) is 13.2 Å². The van der Waals surface area contributed by atoms with Gasteiger partial charge in [-0.1, -0.05) is 6.07 Å². The second kappa shape index (κ2) is 6.96. The number of carbonyl (C=O) groups is 1. The van der Waals surface area contributed by atoms with Gasteiger partial charge in [0.1, 0.15) is 11.6 Å². The van der Waals surface area contributed by atoms with E-state index < -0.39 is 11.7 Å². The standard InChI is InChI=1S/C18H20N2O4S/c1-3-24-18(17(22)23,20-9-5-4-6-13(20)11-21)16-19-14-8-7-12(2)10-15(14)25-16/h7-8,10H,3-6,9H2,1-2H3,(H,22,23). The summed E-state index contributed by atoms with van der Waals surface area (Å²) in [5.41, 5.74) is 0.341. The smallest absolute Gasteiger partial charge is 0.365 e. The van der Waals surface area contributed by atoms with Gasteiger partial charge < -0.3 is 14.7 Å². The minimum Gasteiger partial charge on any atom is -0.477 e. The molecule has 1 atom stereocenters. The van der Waals surface area contributed by atoms with Gasteiger partial charge in [-0.3, -0.25) is 0 Å². The van der Waals surface area contributed by atoms with Crippen molar-refractivity contribution in [1.29, 1.82) is 0 Å². The molecule has 1 saturated heterocycles. The molecular formula is C18H20N2O4S. The summed E-state index contributed by atoms with van der Waals surface area (Å²) in [6.45, 7) is 4.32. The number of carboxylic acids is 1. The Morgan fingerprint density at radius 1 is 1.48 bits per heavy atom. The fourth-order valence-corrected chi connectivity index (χ4v) is 4.41. The van der Waals surface area contributed by atoms with Gasteiger partial charge in [-0.15, -0.1) is 11.3 Å². The van der Waals surface area contributed by atoms with E-state index in [0.29, 0.717) is 23.7 Å². The predicted octanol–water partition coefficient (Wildman–Crippen LogP) is 3.08. The number of aryl methyl sites for hydroxylation is 1. The molecule has 1 aromatic carbocycles. The number of fused-ring (bicyclic) bond motifs is 1. The van der Waals surface area contributed by atoms with Crippen LogP contribution in [0.2, 0.25) is 0 Å². The van der Waals surface area contributed by atoms with Gasteiger partial charge in [-0.2, -0.15) is 0 Å². The topological polar surface area (TPSA) is 79.7 Å². The molecule has 2 heterocycles. The number of thiazole rings is 1. The summed E-state index contributed by atoms with van der Waals surface area (Å²) in [6.07, 6.45) is 2.12. The molecule has 0 radical (unpaired) electrons. The minimum atomic E-state index is -1.79. The van der Waals surface area contributed by atoms with Crippen LogP contribution in [0.5, 0.6) is 0 Å². The highest BCUT2D eigenvalue weighted by atomic mass is 32.1. The highest BCUT2D eigenvalue weighted by Gasteiger charge is 2.52. The van der Waals surface area contributed by atoms with Crippen molar-refractivity contribution < 1.29 is 19.4 Å². The van der Waals surface area contributed by atoms with Crippen LogP contribution in [0.15, 0.2) is 23.9 Å². The number of carbonyl (C=O) groups excluding carboxylic acids is 1. The van der Waals surface area contributed by atoms with Crippen LogP contribution in [-0.4, -0.2) is 40.1 Å². The summed E-state index contributed by atoms with van der Waals surface area (Å²) < 4.78 is 6.68. The second-order valence-corrected chi connectivity index (χ2v) is 7.06. The summed E-state index contributed by atoms with van der Waals surface area (Å²) >= 11 is 1.29. The fraction of sp³-hybridized carbons (Fsp3) is 0.444. The van der Waals surface area contributed by atoms with Crippen LogP contribution in [0.25, 0.3) is 10.2 Å². The molecule has 1 aromatic heterocycles. The van der Waals surface area contributed by atoms with E-state index in [2.05, 4.69) is 4.98 Å². The van der Waals surface area contributed by atoms with E-state index in [-0.39, 0.29) is 6.61 Å². The molecule has 0 spiro atoms. The van der Waals surface area contributed by atoms with Crippen molar-refractivity contribution in [1.82, 2.24) is 9.88 Å². The van der Waals surface area contributed by atoms with Crippen molar-refractivity contribution in [3.8, 4) is 0 Å². The number of likely N-dealkylation sites (tertiary alicyclic amines) is 1. The molecule has 0 bridgehead atoms. The second-order valence-electron chi connectivity index (χ2n) is 6.03. The van der Waals surface area contributed by atoms with Crippen molar-refractivity contribution in [3.05, 3.63) is 34.5 Å². The fourth-order valence-electron chi connectivity index (χ4n) is 3.20. The van der Waals surface area contributed by atoms with Gasteiger partial charge in [0, 0.05) is 13.2 Å². The number of rotatable bonds is 5. The van der Waals surface area contributed by atoms with E-state index in [1.807, 2.05) is 31.1 Å². The Morgan fingerprint density at radius 2 is 2.28 bits per heavy atom. The molecule has 1 aliphatic heterocycles. The Kier molecular flexibility index (Phi) is 4.90. The molecule has 1 fully saturated rings. The Labute approximate surface area is 149 Å². The normalized spacial score (nSPS) is 17.4. The van der Waals surface area contributed by atoms with Crippen molar-refractivity contribution in [2.45, 2.75) is 38.8 Å². The molecule has 25 heavy (non-hydrogen) atoms. The van der Waals surface area contributed by atoms with Crippen LogP contribution < -0.4 is 0 Å². The Bertz CT molecular complexity index is 856. The number of ether oxygens (including phenoxy) is 1. The van der Waals surface area contributed by atoms with E-state index in [1.165, 1.54) is 16.2 Å². The first-order valence-corrected chi connectivity index (χ1v) is 9.11. The van der Waals surface area contributed by atoms with Gasteiger partial charge in [0.05, 0.1) is 10.2 Å². The molecule has 1 unspecified atom stereocenters. The highest BCUT2D eigenvalue weighted by Crippen LogP contribution is 2.40. The molecule has 1 aliphatic rings. The zero-order chi connectivity index (χ0) is 18.0. The van der Waals surface area contributed by atoms with Crippen LogP contribution >= 0.6 is 11.3 Å². The number of aromatic nitrogens is 1. The summed E-state index contributed by atoms with van der Waals surface area (Å²) in [5, 5.41) is 10.4. The zero-order valence-corrected chi connectivity index (χ0v) is 15.1. The first kappa shape index (κ1) is 17.6. The lowest BCUT2D eigenvalue weighted by Gasteiger charge is -2.42. The number of nitrogens with zero attached hydrogens (tertiary/aromatic N) is 2. The Morgan fingerprint density at radius 3 is 2.96 bits per heavy atom. The summed E-state index contributed by atoms with van der Waals surface area (Å²) in [7, 11) is 0. The van der Waals surface area contributed by atoms with Crippen LogP contribution in [0.4, 0.5) is 0 Å². The Hall–Kier alpha value is -2.21. The third-order valence-corrected chi connectivity index (χ3v) is 5.45. The maximum atomic E-state index is 12.4. The molecule has 0 aliphatic carbocycles. The molecule has 0 saturated carbocycles. The number of allylic oxidation sites excluding steroid dienone is 1. The quantitative estimate of drug-likeness (QED) is 0.826. The van der Waals surface area contributed by atoms with Gasteiger partial charge >= 0.3 is 5.97 Å². The number of hydrogen-bond donors (Lipinski definition) is 1. The number of carboxylic acid groups (broad SMARTS) is 1. The van der Waals surface area contributed by atoms with Crippen LogP contribution in [0.1, 0.15) is 36.8 Å². The highest BCUT2D eigenvalue weighted by molar-refractivity contribution is 7.18. The minimum absolute atomic E-state index is 0.184. The van der Waals surface area contributed by atoms with Crippen molar-refractivity contribution >= 4 is 33.5 Å². The summed E-state index contributed by atoms with van der Waals surface area (Å²) in [5.74, 6) is 0.744. The van der Waals surface area contributed by atoms with Crippen LogP contribution in [-0.2, 0) is 20.1 Å². The molecular weight excluding hydrogens is 340 g/mol. The lowest BCUT2D eigenvalue weighted by molar-refractivity contribution is -0.197. The summed E-state index contributed by atoms with van der Waals surface area (Å²) in [6, 6.07) is 5.78. The average molecular weight is 360 g/mol. The van der Waals surface area contributed by atoms with Gasteiger partial charge in [-0.05, 0) is 50.8 Å². The van der Waals surface area contributed by atoms with Crippen LogP contribution in [0.3, 0.4) is 0 Å². The third kappa shape index (κ3) is 2.95. The van der Waals surface area contributed by atoms with E-state index in [0.717, 1.165) is 28.6 Å². The molecule has 6 nitrogen and oxygen atoms in total. The largest absolute Gasteiger partial charge is 0.477 e. The van der Waals surface area contributed by atoms with Crippen LogP contribution in [0, 0.1) is 6.92 Å². The van der Waals surface area contributed by atoms with E-state index in [4.69, 9.17) is 4.74 Å². The first-order chi connectivity index (χ1) is 12.0. The number of benzene rings is 1. The third-order valence-electron chi connectivity index (χ3n) is 4.35. The molecule has 7 heteroatoms. The lowest BCUT2D eigenvalue weighted by atomic mass is 10.0. The molecule has 1 N–H and O–H groups in total. The van der Waals surface area contributed by atoms with Crippen molar-refractivity contribution in [3.63, 3.8) is 0 Å². The van der Waals surface area contributed by atoms with Gasteiger partial charge in [0.25, 0.3) is 5.72 Å². The van der Waals surface area contributed by atoms with E-state index in [1.54, 1.807) is 6.92 Å². The predicted molar refractivity (Wildman–Crippen MR) is 95.1 cm³/mol. The average Bonchev–Trinajstić information content (AvgIpc) is 3.02. The zero-order valence-electron chi connectivity index (χ0n) is 14.2. The maximum absolute atomic E-state index is 12.4. The molecule has 0 amide bonds. The van der Waals surface area contributed by atoms with Gasteiger partial charge in [-0.25, -0.2) is 14.6 Å². The monoisotopic (exact) mass is 360 g/mol. The first-order valence-electron chi connectivity index (χ1n) is 8.29. The maximum Gasteiger partial charge on any atom is 0.365 e. The van der Waals surface area contributed by atoms with Crippen molar-refractivity contribution in [2.24, 2.45) is 0 Å². The molecule has 3 rings (SSSR count). The van der Waals surface area contributed by atoms with Gasteiger partial charge in [0.15, 0.2) is 5.01 Å². The molecule has 132 valence electrons.